The fraction of sp³-hybridized carbons (Fsp3) is 0.500. The maximum Gasteiger partial charge on any atom is 0.146 e. The molecule has 2 aromatic heterocycles. The Bertz CT molecular complexity index is 405. The lowest BCUT2D eigenvalue weighted by Crippen LogP contribution is -2.18. The van der Waals surface area contributed by atoms with Crippen molar-refractivity contribution in [2.45, 2.75) is 19.9 Å². The monoisotopic (exact) mass is 237 g/mol. The van der Waals surface area contributed by atoms with Gasteiger partial charge in [0.2, 0.25) is 0 Å². The van der Waals surface area contributed by atoms with Crippen molar-refractivity contribution in [1.29, 1.82) is 0 Å². The number of aryl methyl sites for hydroxylation is 2. The SMILES string of the molecule is Cc1ncsc1CCNCc1nncn1C. The summed E-state index contributed by atoms with van der Waals surface area (Å²) in [5.74, 6) is 0.959. The van der Waals surface area contributed by atoms with Crippen molar-refractivity contribution >= 4 is 11.3 Å². The Hall–Kier alpha value is -1.27. The second kappa shape index (κ2) is 5.18. The molecule has 2 heterocycles. The van der Waals surface area contributed by atoms with Crippen LogP contribution in [0.15, 0.2) is 11.8 Å². The first-order valence-electron chi connectivity index (χ1n) is 5.20. The summed E-state index contributed by atoms with van der Waals surface area (Å²) in [5, 5.41) is 11.2. The molecule has 0 aliphatic heterocycles. The predicted octanol–water partition coefficient (Wildman–Crippen LogP) is 0.912. The van der Waals surface area contributed by atoms with Crippen LogP contribution in [0.4, 0.5) is 0 Å². The van der Waals surface area contributed by atoms with Crippen molar-refractivity contribution < 1.29 is 0 Å². The van der Waals surface area contributed by atoms with E-state index in [0.29, 0.717) is 0 Å². The topological polar surface area (TPSA) is 55.6 Å². The summed E-state index contributed by atoms with van der Waals surface area (Å²) in [5.41, 5.74) is 3.04. The van der Waals surface area contributed by atoms with Gasteiger partial charge in [0.1, 0.15) is 12.2 Å². The van der Waals surface area contributed by atoms with Crippen LogP contribution in [-0.2, 0) is 20.0 Å². The third-order valence-electron chi connectivity index (χ3n) is 2.46. The molecule has 0 bridgehead atoms. The Morgan fingerprint density at radius 1 is 1.50 bits per heavy atom. The highest BCUT2D eigenvalue weighted by molar-refractivity contribution is 7.09. The molecule has 0 amide bonds. The van der Waals surface area contributed by atoms with Gasteiger partial charge in [-0.15, -0.1) is 21.5 Å². The molecule has 0 fully saturated rings. The maximum atomic E-state index is 4.22. The largest absolute Gasteiger partial charge is 0.320 e. The van der Waals surface area contributed by atoms with Crippen LogP contribution in [0, 0.1) is 6.92 Å². The average molecular weight is 237 g/mol. The summed E-state index contributed by atoms with van der Waals surface area (Å²) < 4.78 is 1.92. The van der Waals surface area contributed by atoms with E-state index in [1.54, 1.807) is 17.7 Å². The van der Waals surface area contributed by atoms with Crippen molar-refractivity contribution in [3.05, 3.63) is 28.2 Å². The van der Waals surface area contributed by atoms with E-state index in [2.05, 4.69) is 27.4 Å². The number of aromatic nitrogens is 4. The Labute approximate surface area is 98.5 Å². The molecule has 0 unspecified atom stereocenters. The molecule has 86 valence electrons. The zero-order valence-corrected chi connectivity index (χ0v) is 10.3. The molecule has 0 atom stereocenters. The number of rotatable bonds is 5. The quantitative estimate of drug-likeness (QED) is 0.785. The van der Waals surface area contributed by atoms with E-state index in [9.17, 15) is 0 Å². The molecule has 6 heteroatoms. The third-order valence-corrected chi connectivity index (χ3v) is 3.46. The Morgan fingerprint density at radius 2 is 2.38 bits per heavy atom. The Morgan fingerprint density at radius 3 is 3.00 bits per heavy atom. The van der Waals surface area contributed by atoms with Gasteiger partial charge in [-0.1, -0.05) is 0 Å². The summed E-state index contributed by atoms with van der Waals surface area (Å²) in [6.45, 7) is 3.75. The summed E-state index contributed by atoms with van der Waals surface area (Å²) in [4.78, 5) is 5.58. The molecule has 0 saturated carbocycles. The fourth-order valence-electron chi connectivity index (χ4n) is 1.44. The number of hydrogen-bond acceptors (Lipinski definition) is 5. The molecule has 0 saturated heterocycles. The zero-order valence-electron chi connectivity index (χ0n) is 9.47. The molecule has 0 spiro atoms. The third kappa shape index (κ3) is 2.65. The first-order valence-corrected chi connectivity index (χ1v) is 6.08. The van der Waals surface area contributed by atoms with Gasteiger partial charge >= 0.3 is 0 Å². The Kier molecular flexibility index (Phi) is 3.63. The van der Waals surface area contributed by atoms with E-state index in [4.69, 9.17) is 0 Å². The van der Waals surface area contributed by atoms with Gasteiger partial charge in [0.25, 0.3) is 0 Å². The van der Waals surface area contributed by atoms with Crippen molar-refractivity contribution in [1.82, 2.24) is 25.1 Å². The lowest BCUT2D eigenvalue weighted by Gasteiger charge is -2.03. The van der Waals surface area contributed by atoms with Gasteiger partial charge in [-0.2, -0.15) is 0 Å². The standard InChI is InChI=1S/C10H15N5S/c1-8-9(16-7-12-8)3-4-11-5-10-14-13-6-15(10)2/h6-7,11H,3-5H2,1-2H3. The Balaban J connectivity index is 1.74. The van der Waals surface area contributed by atoms with E-state index < -0.39 is 0 Å². The average Bonchev–Trinajstić information content (AvgIpc) is 2.84. The molecule has 0 aliphatic rings. The molecule has 0 radical (unpaired) electrons. The predicted molar refractivity (Wildman–Crippen MR) is 63.3 cm³/mol. The molecule has 16 heavy (non-hydrogen) atoms. The van der Waals surface area contributed by atoms with Gasteiger partial charge in [0.05, 0.1) is 17.7 Å². The van der Waals surface area contributed by atoms with Crippen LogP contribution in [0.25, 0.3) is 0 Å². The van der Waals surface area contributed by atoms with E-state index in [-0.39, 0.29) is 0 Å². The van der Waals surface area contributed by atoms with E-state index in [1.807, 2.05) is 17.1 Å². The fourth-order valence-corrected chi connectivity index (χ4v) is 2.22. The van der Waals surface area contributed by atoms with Crippen LogP contribution in [0.1, 0.15) is 16.4 Å². The molecular formula is C10H15N5S. The summed E-state index contributed by atoms with van der Waals surface area (Å²) in [7, 11) is 1.95. The number of nitrogens with one attached hydrogen (secondary N) is 1. The molecule has 1 N–H and O–H groups in total. The van der Waals surface area contributed by atoms with Crippen molar-refractivity contribution in [2.24, 2.45) is 7.05 Å². The minimum absolute atomic E-state index is 0.758. The van der Waals surface area contributed by atoms with Crippen LogP contribution >= 0.6 is 11.3 Å². The molecule has 2 rings (SSSR count). The minimum atomic E-state index is 0.758. The zero-order chi connectivity index (χ0) is 11.4. The van der Waals surface area contributed by atoms with Crippen LogP contribution in [0.3, 0.4) is 0 Å². The molecule has 0 aromatic carbocycles. The van der Waals surface area contributed by atoms with Gasteiger partial charge in [-0.25, -0.2) is 4.98 Å². The molecule has 0 aliphatic carbocycles. The van der Waals surface area contributed by atoms with Crippen LogP contribution < -0.4 is 5.32 Å². The van der Waals surface area contributed by atoms with E-state index in [1.165, 1.54) is 4.88 Å². The van der Waals surface area contributed by atoms with Gasteiger partial charge in [-0.3, -0.25) is 0 Å². The van der Waals surface area contributed by atoms with Crippen LogP contribution in [0.5, 0.6) is 0 Å². The maximum absolute atomic E-state index is 4.22. The lowest BCUT2D eigenvalue weighted by atomic mass is 10.3. The first-order chi connectivity index (χ1) is 7.77. The second-order valence-corrected chi connectivity index (χ2v) is 4.59. The normalized spacial score (nSPS) is 10.9. The summed E-state index contributed by atoms with van der Waals surface area (Å²) in [6.07, 6.45) is 2.73. The van der Waals surface area contributed by atoms with Crippen LogP contribution in [-0.4, -0.2) is 26.3 Å². The number of nitrogens with zero attached hydrogens (tertiary/aromatic N) is 4. The van der Waals surface area contributed by atoms with E-state index in [0.717, 1.165) is 31.0 Å². The molecular weight excluding hydrogens is 222 g/mol. The van der Waals surface area contributed by atoms with Gasteiger partial charge in [0.15, 0.2) is 0 Å². The van der Waals surface area contributed by atoms with Crippen molar-refractivity contribution in [3.8, 4) is 0 Å². The van der Waals surface area contributed by atoms with Crippen molar-refractivity contribution in [2.75, 3.05) is 6.54 Å². The van der Waals surface area contributed by atoms with E-state index >= 15 is 0 Å². The highest BCUT2D eigenvalue weighted by atomic mass is 32.1. The number of hydrogen-bond donors (Lipinski definition) is 1. The summed E-state index contributed by atoms with van der Waals surface area (Å²) >= 11 is 1.72. The summed E-state index contributed by atoms with van der Waals surface area (Å²) in [6, 6.07) is 0. The highest BCUT2D eigenvalue weighted by Crippen LogP contribution is 2.11. The second-order valence-electron chi connectivity index (χ2n) is 3.65. The smallest absolute Gasteiger partial charge is 0.146 e. The molecule has 5 nitrogen and oxygen atoms in total. The van der Waals surface area contributed by atoms with Crippen LogP contribution in [0.2, 0.25) is 0 Å². The first kappa shape index (κ1) is 11.2. The minimum Gasteiger partial charge on any atom is -0.320 e. The van der Waals surface area contributed by atoms with Gasteiger partial charge in [-0.05, 0) is 13.3 Å². The van der Waals surface area contributed by atoms with Gasteiger partial charge < -0.3 is 9.88 Å². The molecule has 2 aromatic rings. The van der Waals surface area contributed by atoms with Crippen molar-refractivity contribution in [3.63, 3.8) is 0 Å². The number of thiazole rings is 1. The highest BCUT2D eigenvalue weighted by Gasteiger charge is 2.02. The lowest BCUT2D eigenvalue weighted by molar-refractivity contribution is 0.637. The van der Waals surface area contributed by atoms with Gasteiger partial charge in [0, 0.05) is 18.5 Å².